The van der Waals surface area contributed by atoms with Crippen molar-refractivity contribution >= 4 is 17.3 Å². The first-order valence-corrected chi connectivity index (χ1v) is 7.81. The van der Waals surface area contributed by atoms with Crippen LogP contribution in [0.2, 0.25) is 0 Å². The fourth-order valence-electron chi connectivity index (χ4n) is 3.12. The van der Waals surface area contributed by atoms with Gasteiger partial charge >= 0.3 is 5.97 Å². The molecule has 2 aromatic rings. The number of benzene rings is 1. The van der Waals surface area contributed by atoms with E-state index in [1.165, 1.54) is 18.4 Å². The summed E-state index contributed by atoms with van der Waals surface area (Å²) in [6, 6.07) is 10.5. The molecule has 3 nitrogen and oxygen atoms in total. The first kappa shape index (κ1) is 13.3. The first-order chi connectivity index (χ1) is 9.71. The van der Waals surface area contributed by atoms with Gasteiger partial charge in [-0.2, -0.15) is 0 Å². The second-order valence-corrected chi connectivity index (χ2v) is 6.23. The molecule has 0 bridgehead atoms. The quantitative estimate of drug-likeness (QED) is 0.934. The number of aromatic nitrogens is 1. The van der Waals surface area contributed by atoms with Gasteiger partial charge in [0.1, 0.15) is 5.01 Å². The highest BCUT2D eigenvalue weighted by molar-refractivity contribution is 7.09. The summed E-state index contributed by atoms with van der Waals surface area (Å²) in [5, 5.41) is 11.9. The Balaban J connectivity index is 1.99. The zero-order valence-corrected chi connectivity index (χ0v) is 12.0. The Morgan fingerprint density at radius 3 is 2.60 bits per heavy atom. The monoisotopic (exact) mass is 287 g/mol. The lowest BCUT2D eigenvalue weighted by molar-refractivity contribution is -0.136. The van der Waals surface area contributed by atoms with Crippen LogP contribution in [0.5, 0.6) is 0 Å². The van der Waals surface area contributed by atoms with Gasteiger partial charge in [-0.3, -0.25) is 4.79 Å². The van der Waals surface area contributed by atoms with Crippen LogP contribution in [0.4, 0.5) is 0 Å². The number of aliphatic carboxylic acids is 1. The highest BCUT2D eigenvalue weighted by Crippen LogP contribution is 2.47. The number of carbonyl (C=O) groups is 1. The van der Waals surface area contributed by atoms with E-state index < -0.39 is 5.97 Å². The summed E-state index contributed by atoms with van der Waals surface area (Å²) in [7, 11) is 0. The third-order valence-corrected chi connectivity index (χ3v) is 5.17. The predicted octanol–water partition coefficient (Wildman–Crippen LogP) is 3.63. The summed E-state index contributed by atoms with van der Waals surface area (Å²) in [5.74, 6) is -0.818. The summed E-state index contributed by atoms with van der Waals surface area (Å²) in [4.78, 5) is 15.4. The number of hydrogen-bond donors (Lipinski definition) is 1. The van der Waals surface area contributed by atoms with Crippen LogP contribution < -0.4 is 0 Å². The maximum atomic E-state index is 10.8. The van der Waals surface area contributed by atoms with Gasteiger partial charge in [0, 0.05) is 10.8 Å². The van der Waals surface area contributed by atoms with E-state index in [0.29, 0.717) is 5.69 Å². The lowest BCUT2D eigenvalue weighted by Gasteiger charge is -2.27. The Labute approximate surface area is 122 Å². The summed E-state index contributed by atoms with van der Waals surface area (Å²) in [5.41, 5.74) is 2.00. The molecule has 4 heteroatoms. The predicted molar refractivity (Wildman–Crippen MR) is 79.1 cm³/mol. The third-order valence-electron chi connectivity index (χ3n) is 4.08. The molecule has 20 heavy (non-hydrogen) atoms. The second kappa shape index (κ2) is 5.37. The van der Waals surface area contributed by atoms with Crippen LogP contribution in [-0.2, 0) is 16.6 Å². The minimum atomic E-state index is -0.818. The minimum Gasteiger partial charge on any atom is -0.481 e. The van der Waals surface area contributed by atoms with Crippen molar-refractivity contribution in [2.45, 2.75) is 37.5 Å². The normalized spacial score (nSPS) is 17.2. The molecule has 1 saturated carbocycles. The molecule has 104 valence electrons. The van der Waals surface area contributed by atoms with Crippen molar-refractivity contribution < 1.29 is 9.90 Å². The van der Waals surface area contributed by atoms with E-state index in [4.69, 9.17) is 5.11 Å². The lowest BCUT2D eigenvalue weighted by Crippen LogP contribution is -2.23. The SMILES string of the molecule is O=C(O)Cc1csc(C2(c3ccccc3)CCCC2)n1. The van der Waals surface area contributed by atoms with Crippen LogP contribution in [-0.4, -0.2) is 16.1 Å². The van der Waals surface area contributed by atoms with E-state index in [1.807, 2.05) is 11.4 Å². The van der Waals surface area contributed by atoms with Crippen molar-refractivity contribution in [3.05, 3.63) is 52.0 Å². The largest absolute Gasteiger partial charge is 0.481 e. The zero-order chi connectivity index (χ0) is 14.0. The van der Waals surface area contributed by atoms with Crippen molar-refractivity contribution in [2.75, 3.05) is 0 Å². The molecule has 0 saturated heterocycles. The molecular weight excluding hydrogens is 270 g/mol. The molecule has 1 aromatic heterocycles. The summed E-state index contributed by atoms with van der Waals surface area (Å²) in [6.45, 7) is 0. The molecule has 0 spiro atoms. The number of rotatable bonds is 4. The fourth-order valence-corrected chi connectivity index (χ4v) is 4.23. The topological polar surface area (TPSA) is 50.2 Å². The molecule has 1 aliphatic rings. The summed E-state index contributed by atoms with van der Waals surface area (Å²) < 4.78 is 0. The maximum absolute atomic E-state index is 10.8. The van der Waals surface area contributed by atoms with E-state index in [0.717, 1.165) is 17.8 Å². The molecule has 0 amide bonds. The Bertz CT molecular complexity index is 600. The number of carboxylic acids is 1. The van der Waals surface area contributed by atoms with Crippen molar-refractivity contribution in [1.82, 2.24) is 4.98 Å². The zero-order valence-electron chi connectivity index (χ0n) is 11.2. The van der Waals surface area contributed by atoms with Gasteiger partial charge in [-0.1, -0.05) is 43.2 Å². The number of hydrogen-bond acceptors (Lipinski definition) is 3. The van der Waals surface area contributed by atoms with Crippen molar-refractivity contribution in [3.8, 4) is 0 Å². The van der Waals surface area contributed by atoms with Crippen LogP contribution in [0, 0.1) is 0 Å². The maximum Gasteiger partial charge on any atom is 0.309 e. The number of nitrogens with zero attached hydrogens (tertiary/aromatic N) is 1. The molecule has 1 N–H and O–H groups in total. The van der Waals surface area contributed by atoms with E-state index in [1.54, 1.807) is 11.3 Å². The molecule has 0 unspecified atom stereocenters. The van der Waals surface area contributed by atoms with Gasteiger partial charge in [-0.15, -0.1) is 11.3 Å². The molecule has 1 heterocycles. The molecule has 0 radical (unpaired) electrons. The molecule has 1 aromatic carbocycles. The first-order valence-electron chi connectivity index (χ1n) is 6.93. The molecule has 1 aliphatic carbocycles. The minimum absolute atomic E-state index is 0.00266. The van der Waals surface area contributed by atoms with Gasteiger partial charge in [0.05, 0.1) is 12.1 Å². The fraction of sp³-hybridized carbons (Fsp3) is 0.375. The van der Waals surface area contributed by atoms with Gasteiger partial charge in [-0.05, 0) is 18.4 Å². The Morgan fingerprint density at radius 1 is 1.25 bits per heavy atom. The van der Waals surface area contributed by atoms with Gasteiger partial charge in [-0.25, -0.2) is 4.98 Å². The smallest absolute Gasteiger partial charge is 0.309 e. The van der Waals surface area contributed by atoms with Crippen molar-refractivity contribution in [2.24, 2.45) is 0 Å². The van der Waals surface area contributed by atoms with E-state index in [2.05, 4.69) is 29.2 Å². The highest BCUT2D eigenvalue weighted by Gasteiger charge is 2.39. The molecule has 1 fully saturated rings. The van der Waals surface area contributed by atoms with Crippen molar-refractivity contribution in [3.63, 3.8) is 0 Å². The van der Waals surface area contributed by atoms with Gasteiger partial charge in [0.25, 0.3) is 0 Å². The number of thiazole rings is 1. The van der Waals surface area contributed by atoms with Crippen LogP contribution in [0.25, 0.3) is 0 Å². The van der Waals surface area contributed by atoms with Gasteiger partial charge < -0.3 is 5.11 Å². The molecule has 0 aliphatic heterocycles. The molecular formula is C16H17NO2S. The number of carboxylic acid groups (broad SMARTS) is 1. The molecule has 0 atom stereocenters. The summed E-state index contributed by atoms with van der Waals surface area (Å²) >= 11 is 1.61. The van der Waals surface area contributed by atoms with Gasteiger partial charge in [0.2, 0.25) is 0 Å². The average Bonchev–Trinajstić information content (AvgIpc) is 3.08. The Hall–Kier alpha value is -1.68. The van der Waals surface area contributed by atoms with Crippen LogP contribution in [0.1, 0.15) is 41.9 Å². The van der Waals surface area contributed by atoms with E-state index >= 15 is 0 Å². The van der Waals surface area contributed by atoms with Crippen LogP contribution in [0.15, 0.2) is 35.7 Å². The third kappa shape index (κ3) is 2.36. The highest BCUT2D eigenvalue weighted by atomic mass is 32.1. The molecule has 3 rings (SSSR count). The van der Waals surface area contributed by atoms with Gasteiger partial charge in [0.15, 0.2) is 0 Å². The standard InChI is InChI=1S/C16H17NO2S/c18-14(19)10-13-11-20-15(17-13)16(8-4-5-9-16)12-6-2-1-3-7-12/h1-3,6-7,11H,4-5,8-10H2,(H,18,19). The second-order valence-electron chi connectivity index (χ2n) is 5.37. The summed E-state index contributed by atoms with van der Waals surface area (Å²) in [6.07, 6.45) is 4.65. The van der Waals surface area contributed by atoms with E-state index in [-0.39, 0.29) is 11.8 Å². The van der Waals surface area contributed by atoms with E-state index in [9.17, 15) is 4.79 Å². The average molecular weight is 287 g/mol. The van der Waals surface area contributed by atoms with Crippen molar-refractivity contribution in [1.29, 1.82) is 0 Å². The Morgan fingerprint density at radius 2 is 1.95 bits per heavy atom. The lowest BCUT2D eigenvalue weighted by atomic mass is 9.79. The van der Waals surface area contributed by atoms with Crippen LogP contribution >= 0.6 is 11.3 Å². The van der Waals surface area contributed by atoms with Crippen LogP contribution in [0.3, 0.4) is 0 Å². The Kier molecular flexibility index (Phi) is 3.57.